The van der Waals surface area contributed by atoms with E-state index in [1.807, 2.05) is 31.2 Å². The maximum Gasteiger partial charge on any atom is 0.282 e. The topological polar surface area (TPSA) is 52.0 Å². The third-order valence-corrected chi connectivity index (χ3v) is 5.75. The molecule has 0 heterocycles. The van der Waals surface area contributed by atoms with Crippen LogP contribution >= 0.6 is 0 Å². The number of quaternary nitrogens is 1. The highest BCUT2D eigenvalue weighted by Gasteiger charge is 2.22. The number of carbonyl (C=O) groups is 1. The van der Waals surface area contributed by atoms with Crippen molar-refractivity contribution in [3.05, 3.63) is 53.1 Å². The van der Waals surface area contributed by atoms with Crippen molar-refractivity contribution in [1.82, 2.24) is 0 Å². The van der Waals surface area contributed by atoms with Crippen LogP contribution in [0, 0.1) is 0 Å². The van der Waals surface area contributed by atoms with Gasteiger partial charge >= 0.3 is 0 Å². The quantitative estimate of drug-likeness (QED) is 0.735. The van der Waals surface area contributed by atoms with Crippen LogP contribution in [-0.2, 0) is 24.1 Å². The summed E-state index contributed by atoms with van der Waals surface area (Å²) in [6.45, 7) is 2.83. The molecule has 1 unspecified atom stereocenters. The molecule has 0 aromatic heterocycles. The second kappa shape index (κ2) is 9.11. The number of amides is 1. The van der Waals surface area contributed by atoms with Gasteiger partial charge in [-0.15, -0.1) is 0 Å². The molecule has 28 heavy (non-hydrogen) atoms. The smallest absolute Gasteiger partial charge is 0.282 e. The van der Waals surface area contributed by atoms with Crippen LogP contribution < -0.4 is 19.7 Å². The summed E-state index contributed by atoms with van der Waals surface area (Å²) in [4.78, 5) is 13.9. The van der Waals surface area contributed by atoms with E-state index in [-0.39, 0.29) is 11.9 Å². The predicted molar refractivity (Wildman–Crippen MR) is 112 cm³/mol. The summed E-state index contributed by atoms with van der Waals surface area (Å²) >= 11 is 0. The van der Waals surface area contributed by atoms with Crippen LogP contribution in [0.15, 0.2) is 36.4 Å². The van der Waals surface area contributed by atoms with Crippen molar-refractivity contribution in [1.29, 1.82) is 0 Å². The number of hydrogen-bond acceptors (Lipinski definition) is 3. The zero-order valence-corrected chi connectivity index (χ0v) is 17.3. The molecule has 2 atom stereocenters. The van der Waals surface area contributed by atoms with Gasteiger partial charge in [-0.3, -0.25) is 4.79 Å². The normalized spacial score (nSPS) is 14.9. The molecule has 2 aromatic rings. The van der Waals surface area contributed by atoms with Gasteiger partial charge in [0.25, 0.3) is 5.91 Å². The molecule has 0 spiro atoms. The summed E-state index contributed by atoms with van der Waals surface area (Å²) in [6.07, 6.45) is 4.35. The van der Waals surface area contributed by atoms with E-state index in [1.165, 1.54) is 28.0 Å². The molecule has 0 bridgehead atoms. The Hall–Kier alpha value is -2.53. The number of rotatable bonds is 8. The molecular weight excluding hydrogens is 352 g/mol. The van der Waals surface area contributed by atoms with E-state index in [1.54, 1.807) is 14.2 Å². The molecule has 0 aliphatic heterocycles. The SMILES string of the molecule is COc1ccc(CC[NH+](C)[C@@H](C)C(=O)Nc2ccc3c(c2)CCC3)cc1OC. The first-order chi connectivity index (χ1) is 13.5. The standard InChI is InChI=1S/C23H30N2O3/c1-16(23(26)24-20-10-9-18-6-5-7-19(18)15-20)25(2)13-12-17-8-11-21(27-3)22(14-17)28-4/h8-11,14-16H,5-7,12-13H2,1-4H3,(H,24,26)/p+1/t16-/m0/s1. The molecular formula is C23H31N2O3+. The van der Waals surface area contributed by atoms with E-state index >= 15 is 0 Å². The monoisotopic (exact) mass is 383 g/mol. The molecule has 5 nitrogen and oxygen atoms in total. The summed E-state index contributed by atoms with van der Waals surface area (Å²) < 4.78 is 10.7. The Morgan fingerprint density at radius 3 is 2.57 bits per heavy atom. The minimum absolute atomic E-state index is 0.0581. The van der Waals surface area contributed by atoms with Crippen molar-refractivity contribution in [2.45, 2.75) is 38.6 Å². The Bertz CT molecular complexity index is 835. The van der Waals surface area contributed by atoms with E-state index in [4.69, 9.17) is 9.47 Å². The van der Waals surface area contributed by atoms with Gasteiger partial charge in [-0.1, -0.05) is 12.1 Å². The second-order valence-corrected chi connectivity index (χ2v) is 7.58. The van der Waals surface area contributed by atoms with Gasteiger partial charge in [0.05, 0.1) is 27.8 Å². The summed E-state index contributed by atoms with van der Waals surface area (Å²) in [6, 6.07) is 12.1. The molecule has 2 aromatic carbocycles. The van der Waals surface area contributed by atoms with Crippen molar-refractivity contribution in [2.24, 2.45) is 0 Å². The van der Waals surface area contributed by atoms with Crippen molar-refractivity contribution in [3.8, 4) is 11.5 Å². The number of anilines is 1. The second-order valence-electron chi connectivity index (χ2n) is 7.58. The van der Waals surface area contributed by atoms with Gasteiger partial charge in [0.15, 0.2) is 17.5 Å². The predicted octanol–water partition coefficient (Wildman–Crippen LogP) is 2.28. The Morgan fingerprint density at radius 2 is 1.82 bits per heavy atom. The van der Waals surface area contributed by atoms with Crippen LogP contribution in [0.5, 0.6) is 11.5 Å². The number of nitrogens with one attached hydrogen (secondary N) is 2. The van der Waals surface area contributed by atoms with E-state index < -0.39 is 0 Å². The average molecular weight is 384 g/mol. The number of ether oxygens (including phenoxy) is 2. The minimum Gasteiger partial charge on any atom is -0.493 e. The average Bonchev–Trinajstić information content (AvgIpc) is 3.18. The lowest BCUT2D eigenvalue weighted by Crippen LogP contribution is -3.14. The van der Waals surface area contributed by atoms with Crippen molar-refractivity contribution >= 4 is 11.6 Å². The molecule has 1 aliphatic rings. The summed E-state index contributed by atoms with van der Waals surface area (Å²) in [5.74, 6) is 1.52. The number of fused-ring (bicyclic) bond motifs is 1. The zero-order chi connectivity index (χ0) is 20.1. The Morgan fingerprint density at radius 1 is 1.07 bits per heavy atom. The fraction of sp³-hybridized carbons (Fsp3) is 0.435. The minimum atomic E-state index is -0.131. The lowest BCUT2D eigenvalue weighted by Gasteiger charge is -2.21. The van der Waals surface area contributed by atoms with E-state index in [0.717, 1.165) is 43.0 Å². The number of hydrogen-bond donors (Lipinski definition) is 2. The lowest BCUT2D eigenvalue weighted by atomic mass is 10.1. The van der Waals surface area contributed by atoms with Crippen LogP contribution in [0.1, 0.15) is 30.0 Å². The molecule has 0 saturated heterocycles. The third kappa shape index (κ3) is 4.65. The van der Waals surface area contributed by atoms with E-state index in [0.29, 0.717) is 0 Å². The molecule has 5 heteroatoms. The van der Waals surface area contributed by atoms with Gasteiger partial charge in [0.1, 0.15) is 0 Å². The highest BCUT2D eigenvalue weighted by molar-refractivity contribution is 5.93. The number of aryl methyl sites for hydroxylation is 2. The van der Waals surface area contributed by atoms with Gasteiger partial charge < -0.3 is 19.7 Å². The maximum atomic E-state index is 12.7. The zero-order valence-electron chi connectivity index (χ0n) is 17.3. The number of benzene rings is 2. The Kier molecular flexibility index (Phi) is 6.57. The highest BCUT2D eigenvalue weighted by Crippen LogP contribution is 2.27. The van der Waals surface area contributed by atoms with Crippen molar-refractivity contribution in [3.63, 3.8) is 0 Å². The Balaban J connectivity index is 1.55. The molecule has 3 rings (SSSR count). The fourth-order valence-electron chi connectivity index (χ4n) is 3.72. The fourth-order valence-corrected chi connectivity index (χ4v) is 3.72. The van der Waals surface area contributed by atoms with Crippen LogP contribution in [-0.4, -0.2) is 39.8 Å². The summed E-state index contributed by atoms with van der Waals surface area (Å²) in [7, 11) is 5.34. The van der Waals surface area contributed by atoms with Crippen molar-refractivity contribution in [2.75, 3.05) is 33.1 Å². The number of carbonyl (C=O) groups excluding carboxylic acids is 1. The molecule has 0 saturated carbocycles. The lowest BCUT2D eigenvalue weighted by molar-refractivity contribution is -0.893. The first kappa shape index (κ1) is 20.2. The summed E-state index contributed by atoms with van der Waals surface area (Å²) in [5, 5.41) is 3.09. The van der Waals surface area contributed by atoms with Gasteiger partial charge in [-0.25, -0.2) is 0 Å². The maximum absolute atomic E-state index is 12.7. The van der Waals surface area contributed by atoms with Crippen LogP contribution in [0.3, 0.4) is 0 Å². The first-order valence-electron chi connectivity index (χ1n) is 9.97. The van der Waals surface area contributed by atoms with Gasteiger partial charge in [0.2, 0.25) is 0 Å². The molecule has 1 amide bonds. The number of methoxy groups -OCH3 is 2. The van der Waals surface area contributed by atoms with Crippen LogP contribution in [0.25, 0.3) is 0 Å². The van der Waals surface area contributed by atoms with Gasteiger partial charge in [-0.05, 0) is 67.1 Å². The Labute approximate surface area is 167 Å². The van der Waals surface area contributed by atoms with Gasteiger partial charge in [0, 0.05) is 12.1 Å². The van der Waals surface area contributed by atoms with Crippen LogP contribution in [0.2, 0.25) is 0 Å². The summed E-state index contributed by atoms with van der Waals surface area (Å²) in [5.41, 5.74) is 4.87. The van der Waals surface area contributed by atoms with E-state index in [2.05, 4.69) is 24.5 Å². The van der Waals surface area contributed by atoms with Gasteiger partial charge in [-0.2, -0.15) is 0 Å². The van der Waals surface area contributed by atoms with Crippen LogP contribution in [0.4, 0.5) is 5.69 Å². The molecule has 0 fully saturated rings. The first-order valence-corrected chi connectivity index (χ1v) is 9.97. The molecule has 150 valence electrons. The number of likely N-dealkylation sites (N-methyl/N-ethyl adjacent to an activating group) is 1. The highest BCUT2D eigenvalue weighted by atomic mass is 16.5. The molecule has 1 aliphatic carbocycles. The third-order valence-electron chi connectivity index (χ3n) is 5.75. The molecule has 0 radical (unpaired) electrons. The largest absolute Gasteiger partial charge is 0.493 e. The van der Waals surface area contributed by atoms with E-state index in [9.17, 15) is 4.79 Å². The molecule has 2 N–H and O–H groups in total. The van der Waals surface area contributed by atoms with Crippen molar-refractivity contribution < 1.29 is 19.2 Å².